The molecule has 5 nitrogen and oxygen atoms in total. The van der Waals surface area contributed by atoms with E-state index in [1.807, 2.05) is 24.5 Å². The third-order valence-electron chi connectivity index (χ3n) is 8.66. The lowest BCUT2D eigenvalue weighted by Crippen LogP contribution is -1.99. The average Bonchev–Trinajstić information content (AvgIpc) is 3.54. The summed E-state index contributed by atoms with van der Waals surface area (Å²) in [7, 11) is 0. The Morgan fingerprint density at radius 3 is 2.18 bits per heavy atom. The highest BCUT2D eigenvalue weighted by atomic mass is 79.9. The van der Waals surface area contributed by atoms with Gasteiger partial charge >= 0.3 is 0 Å². The predicted octanol–water partition coefficient (Wildman–Crippen LogP) is 10.6. The molecule has 0 aliphatic rings. The molecule has 45 heavy (non-hydrogen) atoms. The molecule has 0 atom stereocenters. The van der Waals surface area contributed by atoms with Gasteiger partial charge in [0.05, 0.1) is 32.4 Å². The number of phenolic OH excluding ortho intramolecular Hbond substituents is 2. The Balaban J connectivity index is 1.55. The number of nitrogens with zero attached hydrogens (tertiary/aromatic N) is 2. The Morgan fingerprint density at radius 1 is 0.711 bits per heavy atom. The third-order valence-corrected chi connectivity index (χ3v) is 9.53. The van der Waals surface area contributed by atoms with Gasteiger partial charge in [-0.2, -0.15) is 0 Å². The summed E-state index contributed by atoms with van der Waals surface area (Å²) in [5.41, 5.74) is 8.86. The molecule has 0 radical (unpaired) electrons. The molecule has 7 rings (SSSR count). The summed E-state index contributed by atoms with van der Waals surface area (Å²) in [6.45, 7) is 5.45. The Hall–Kier alpha value is -5.20. The number of phenols is 2. The van der Waals surface area contributed by atoms with E-state index >= 15 is 0 Å². The number of hydrogen-bond acceptors (Lipinski definition) is 3. The summed E-state index contributed by atoms with van der Waals surface area (Å²) < 4.78 is 4.85. The van der Waals surface area contributed by atoms with Crippen LogP contribution in [0.1, 0.15) is 23.7 Å². The van der Waals surface area contributed by atoms with E-state index in [1.165, 1.54) is 0 Å². The van der Waals surface area contributed by atoms with Crippen LogP contribution >= 0.6 is 15.9 Å². The number of aliphatic hydroxyl groups excluding tert-OH is 1. The van der Waals surface area contributed by atoms with Crippen LogP contribution in [0.15, 0.2) is 119 Å². The minimum Gasteiger partial charge on any atom is -0.507 e. The van der Waals surface area contributed by atoms with Crippen molar-refractivity contribution in [2.45, 2.75) is 20.8 Å². The summed E-state index contributed by atoms with van der Waals surface area (Å²) in [6.07, 6.45) is 3.46. The molecule has 0 aliphatic carbocycles. The second kappa shape index (κ2) is 11.1. The van der Waals surface area contributed by atoms with Crippen molar-refractivity contribution in [1.29, 1.82) is 0 Å². The topological polar surface area (TPSA) is 70.6 Å². The van der Waals surface area contributed by atoms with Gasteiger partial charge in [-0.3, -0.25) is 0 Å². The summed E-state index contributed by atoms with van der Waals surface area (Å²) >= 11 is 3.44. The summed E-state index contributed by atoms with van der Waals surface area (Å²) in [5, 5.41) is 35.7. The minimum atomic E-state index is 0.00309. The van der Waals surface area contributed by atoms with Crippen LogP contribution in [0, 0.1) is 13.8 Å². The van der Waals surface area contributed by atoms with Crippen molar-refractivity contribution in [3.05, 3.63) is 136 Å². The van der Waals surface area contributed by atoms with Crippen LogP contribution in [0.2, 0.25) is 0 Å². The molecule has 5 aromatic carbocycles. The van der Waals surface area contributed by atoms with Crippen LogP contribution in [0.5, 0.6) is 11.5 Å². The maximum Gasteiger partial charge on any atom is 0.131 e. The van der Waals surface area contributed by atoms with Gasteiger partial charge in [0.1, 0.15) is 17.3 Å². The number of allylic oxidation sites excluding steroid dienone is 2. The van der Waals surface area contributed by atoms with Gasteiger partial charge in [-0.25, -0.2) is 0 Å². The zero-order chi connectivity index (χ0) is 31.4. The van der Waals surface area contributed by atoms with Gasteiger partial charge in [0.25, 0.3) is 0 Å². The SMILES string of the molecule is C/C=C(Br)/C(O)=C\c1c(C)c2c(O)c(C)c(O)cc2n1-c1ccc2c(c1)c1ccccc1n2-c1ccccc1-c1ccccc1. The van der Waals surface area contributed by atoms with E-state index < -0.39 is 0 Å². The lowest BCUT2D eigenvalue weighted by molar-refractivity contribution is 0.435. The van der Waals surface area contributed by atoms with Crippen molar-refractivity contribution >= 4 is 54.7 Å². The zero-order valence-corrected chi connectivity index (χ0v) is 26.7. The van der Waals surface area contributed by atoms with Gasteiger partial charge < -0.3 is 24.5 Å². The fourth-order valence-corrected chi connectivity index (χ4v) is 6.51. The van der Waals surface area contributed by atoms with E-state index in [-0.39, 0.29) is 17.3 Å². The van der Waals surface area contributed by atoms with Gasteiger partial charge in [-0.15, -0.1) is 0 Å². The van der Waals surface area contributed by atoms with Crippen LogP contribution in [0.3, 0.4) is 0 Å². The second-order valence-corrected chi connectivity index (χ2v) is 12.1. The molecule has 2 aromatic heterocycles. The molecule has 0 fully saturated rings. The highest BCUT2D eigenvalue weighted by Crippen LogP contribution is 2.43. The maximum absolute atomic E-state index is 11.2. The van der Waals surface area contributed by atoms with Crippen molar-refractivity contribution < 1.29 is 15.3 Å². The molecule has 3 N–H and O–H groups in total. The molecule has 0 aliphatic heterocycles. The Labute approximate surface area is 269 Å². The normalized spacial score (nSPS) is 12.5. The molecule has 7 aromatic rings. The molecule has 0 amide bonds. The first-order valence-corrected chi connectivity index (χ1v) is 15.6. The van der Waals surface area contributed by atoms with Crippen molar-refractivity contribution in [2.24, 2.45) is 0 Å². The van der Waals surface area contributed by atoms with Gasteiger partial charge in [0, 0.05) is 45.1 Å². The Bertz CT molecular complexity index is 2340. The molecule has 2 heterocycles. The molecule has 0 unspecified atom stereocenters. The number of aliphatic hydroxyl groups is 1. The van der Waals surface area contributed by atoms with Crippen LogP contribution in [-0.4, -0.2) is 24.5 Å². The number of hydrogen-bond donors (Lipinski definition) is 3. The van der Waals surface area contributed by atoms with Crippen LogP contribution in [0.25, 0.3) is 61.3 Å². The third kappa shape index (κ3) is 4.52. The summed E-state index contributed by atoms with van der Waals surface area (Å²) in [4.78, 5) is 0. The highest BCUT2D eigenvalue weighted by Gasteiger charge is 2.23. The fourth-order valence-electron chi connectivity index (χ4n) is 6.40. The Morgan fingerprint density at radius 2 is 1.40 bits per heavy atom. The number of rotatable bonds is 5. The van der Waals surface area contributed by atoms with E-state index in [4.69, 9.17) is 0 Å². The van der Waals surface area contributed by atoms with Gasteiger partial charge in [0.2, 0.25) is 0 Å². The number of aromatic hydroxyl groups is 2. The number of aryl methyl sites for hydroxylation is 1. The van der Waals surface area contributed by atoms with Crippen LogP contribution in [0.4, 0.5) is 0 Å². The zero-order valence-electron chi connectivity index (χ0n) is 25.1. The van der Waals surface area contributed by atoms with Gasteiger partial charge in [-0.1, -0.05) is 72.8 Å². The summed E-state index contributed by atoms with van der Waals surface area (Å²) in [5.74, 6) is 0.0827. The number of para-hydroxylation sites is 2. The molecule has 222 valence electrons. The number of benzene rings is 5. The minimum absolute atomic E-state index is 0.00309. The molecular formula is C39H31BrN2O3. The Kier molecular flexibility index (Phi) is 7.02. The van der Waals surface area contributed by atoms with Crippen molar-refractivity contribution in [3.63, 3.8) is 0 Å². The molecule has 0 bridgehead atoms. The van der Waals surface area contributed by atoms with Crippen LogP contribution < -0.4 is 0 Å². The largest absolute Gasteiger partial charge is 0.507 e. The molecule has 0 spiro atoms. The van der Waals surface area contributed by atoms with Crippen molar-refractivity contribution in [3.8, 4) is 34.0 Å². The lowest BCUT2D eigenvalue weighted by atomic mass is 10.0. The number of halogens is 1. The number of aromatic nitrogens is 2. The first-order valence-electron chi connectivity index (χ1n) is 14.8. The van der Waals surface area contributed by atoms with Gasteiger partial charge in [-0.05, 0) is 78.2 Å². The molecular weight excluding hydrogens is 624 g/mol. The van der Waals surface area contributed by atoms with E-state index in [1.54, 1.807) is 25.1 Å². The maximum atomic E-state index is 11.2. The number of fused-ring (bicyclic) bond motifs is 4. The fraction of sp³-hybridized carbons (Fsp3) is 0.0769. The highest BCUT2D eigenvalue weighted by molar-refractivity contribution is 9.11. The van der Waals surface area contributed by atoms with E-state index in [2.05, 4.69) is 111 Å². The lowest BCUT2D eigenvalue weighted by Gasteiger charge is -2.15. The molecule has 0 saturated heterocycles. The van der Waals surface area contributed by atoms with Gasteiger partial charge in [0.15, 0.2) is 0 Å². The smallest absolute Gasteiger partial charge is 0.131 e. The average molecular weight is 656 g/mol. The second-order valence-electron chi connectivity index (χ2n) is 11.2. The van der Waals surface area contributed by atoms with E-state index in [9.17, 15) is 15.3 Å². The van der Waals surface area contributed by atoms with Crippen molar-refractivity contribution in [2.75, 3.05) is 0 Å². The first-order chi connectivity index (χ1) is 21.8. The summed E-state index contributed by atoms with van der Waals surface area (Å²) in [6, 6.07) is 35.3. The molecule has 6 heteroatoms. The quantitative estimate of drug-likeness (QED) is 0.128. The van der Waals surface area contributed by atoms with E-state index in [0.717, 1.165) is 49.9 Å². The standard InChI is InChI=1S/C39H31BrN2O3/c1-4-30(40)37(44)21-34-23(2)38-35(22-36(43)24(3)39(38)45)41(34)26-18-19-33-29(20-26)28-15-9-11-17-32(28)42(33)31-16-10-8-14-27(31)25-12-6-5-7-13-25/h4-22,43-45H,1-3H3/b30-4-,37-21+. The van der Waals surface area contributed by atoms with Crippen LogP contribution in [-0.2, 0) is 0 Å². The van der Waals surface area contributed by atoms with Crippen molar-refractivity contribution in [1.82, 2.24) is 9.13 Å². The predicted molar refractivity (Wildman–Crippen MR) is 189 cm³/mol. The molecule has 0 saturated carbocycles. The monoisotopic (exact) mass is 654 g/mol. The van der Waals surface area contributed by atoms with E-state index in [0.29, 0.717) is 26.6 Å². The first kappa shape index (κ1) is 28.6.